The first kappa shape index (κ1) is 17.9. The van der Waals surface area contributed by atoms with Gasteiger partial charge < -0.3 is 23.9 Å². The van der Waals surface area contributed by atoms with Crippen molar-refractivity contribution < 1.29 is 23.9 Å². The lowest BCUT2D eigenvalue weighted by molar-refractivity contribution is 0.00578. The predicted octanol–water partition coefficient (Wildman–Crippen LogP) is 2.71. The highest BCUT2D eigenvalue weighted by atomic mass is 16.7. The monoisotopic (exact) mass is 320 g/mol. The van der Waals surface area contributed by atoms with Crippen molar-refractivity contribution in [2.24, 2.45) is 0 Å². The summed E-state index contributed by atoms with van der Waals surface area (Å²) in [5.41, 5.74) is 0.441. The van der Waals surface area contributed by atoms with E-state index in [1.807, 2.05) is 45.9 Å². The van der Waals surface area contributed by atoms with Crippen molar-refractivity contribution in [3.8, 4) is 11.5 Å². The number of rotatable bonds is 5. The van der Waals surface area contributed by atoms with Gasteiger partial charge in [-0.3, -0.25) is 0 Å². The second-order valence-corrected chi connectivity index (χ2v) is 6.54. The van der Waals surface area contributed by atoms with Crippen molar-refractivity contribution in [2.45, 2.75) is 38.9 Å². The Morgan fingerprint density at radius 1 is 1.09 bits per heavy atom. The molecule has 1 N–H and O–H groups in total. The molecule has 0 aromatic heterocycles. The van der Waals surface area contributed by atoms with Gasteiger partial charge >= 0.3 is 7.12 Å². The summed E-state index contributed by atoms with van der Waals surface area (Å²) in [5, 5.41) is 9.81. The quantitative estimate of drug-likeness (QED) is 0.846. The summed E-state index contributed by atoms with van der Waals surface area (Å²) in [4.78, 5) is 0. The van der Waals surface area contributed by atoms with Gasteiger partial charge in [-0.1, -0.05) is 6.07 Å². The average Bonchev–Trinajstić information content (AvgIpc) is 2.72. The normalized spacial score (nSPS) is 19.8. The lowest BCUT2D eigenvalue weighted by Crippen LogP contribution is -2.41. The molecule has 0 spiro atoms. The summed E-state index contributed by atoms with van der Waals surface area (Å²) >= 11 is 0. The van der Waals surface area contributed by atoms with Crippen LogP contribution in [0.25, 0.3) is 6.08 Å². The van der Waals surface area contributed by atoms with E-state index in [2.05, 4.69) is 0 Å². The highest BCUT2D eigenvalue weighted by Gasteiger charge is 2.52. The van der Waals surface area contributed by atoms with Crippen LogP contribution in [0.15, 0.2) is 23.7 Å². The van der Waals surface area contributed by atoms with Crippen molar-refractivity contribution in [3.63, 3.8) is 0 Å². The smallest absolute Gasteiger partial charge is 0.492 e. The summed E-state index contributed by atoms with van der Waals surface area (Å²) in [7, 11) is 2.58. The van der Waals surface area contributed by atoms with E-state index in [4.69, 9.17) is 18.8 Å². The molecule has 1 aliphatic heterocycles. The lowest BCUT2D eigenvalue weighted by Gasteiger charge is -2.32. The maximum Gasteiger partial charge on any atom is 0.492 e. The standard InChI is InChI=1S/C17H25BO5/c1-16(2)17(3,4)23-18(22-16)12(11-19)10-13-14(20-5)8-7-9-15(13)21-6/h7-10,19H,11H2,1-6H3. The van der Waals surface area contributed by atoms with E-state index in [0.29, 0.717) is 17.0 Å². The van der Waals surface area contributed by atoms with Crippen molar-refractivity contribution in [1.29, 1.82) is 0 Å². The molecule has 0 saturated carbocycles. The molecule has 0 radical (unpaired) electrons. The van der Waals surface area contributed by atoms with E-state index in [9.17, 15) is 5.11 Å². The van der Waals surface area contributed by atoms with Gasteiger partial charge in [0, 0.05) is 0 Å². The SMILES string of the molecule is COc1cccc(OC)c1C=C(CO)B1OC(C)(C)C(C)(C)O1. The lowest BCUT2D eigenvalue weighted by atomic mass is 9.77. The highest BCUT2D eigenvalue weighted by molar-refractivity contribution is 6.55. The minimum atomic E-state index is -0.611. The van der Waals surface area contributed by atoms with E-state index in [0.717, 1.165) is 5.56 Å². The van der Waals surface area contributed by atoms with Crippen molar-refractivity contribution in [3.05, 3.63) is 29.2 Å². The van der Waals surface area contributed by atoms with Crippen LogP contribution in [0.3, 0.4) is 0 Å². The number of hydrogen-bond donors (Lipinski definition) is 1. The van der Waals surface area contributed by atoms with Crippen molar-refractivity contribution >= 4 is 13.2 Å². The third-order valence-electron chi connectivity index (χ3n) is 4.53. The second-order valence-electron chi connectivity index (χ2n) is 6.54. The van der Waals surface area contributed by atoms with Gasteiger partial charge in [0.1, 0.15) is 11.5 Å². The number of ether oxygens (including phenoxy) is 2. The molecule has 2 rings (SSSR count). The molecule has 23 heavy (non-hydrogen) atoms. The molecule has 1 aromatic rings. The third-order valence-corrected chi connectivity index (χ3v) is 4.53. The Labute approximate surface area is 138 Å². The third kappa shape index (κ3) is 3.39. The van der Waals surface area contributed by atoms with Gasteiger partial charge in [0.15, 0.2) is 0 Å². The molecule has 1 aromatic carbocycles. The maximum atomic E-state index is 9.81. The topological polar surface area (TPSA) is 57.2 Å². The van der Waals surface area contributed by atoms with Gasteiger partial charge in [-0.2, -0.15) is 0 Å². The number of aliphatic hydroxyl groups is 1. The van der Waals surface area contributed by atoms with Crippen LogP contribution in [0.4, 0.5) is 0 Å². The van der Waals surface area contributed by atoms with Crippen LogP contribution in [0, 0.1) is 0 Å². The van der Waals surface area contributed by atoms with Crippen LogP contribution in [0.1, 0.15) is 33.3 Å². The average molecular weight is 320 g/mol. The molecule has 1 aliphatic rings. The predicted molar refractivity (Wildman–Crippen MR) is 90.7 cm³/mol. The van der Waals surface area contributed by atoms with Crippen molar-refractivity contribution in [1.82, 2.24) is 0 Å². The molecular weight excluding hydrogens is 295 g/mol. The highest BCUT2D eigenvalue weighted by Crippen LogP contribution is 2.39. The Morgan fingerprint density at radius 3 is 1.96 bits per heavy atom. The first-order valence-electron chi connectivity index (χ1n) is 7.63. The molecule has 6 heteroatoms. The fraction of sp³-hybridized carbons (Fsp3) is 0.529. The van der Waals surface area contributed by atoms with Gasteiger partial charge in [0.05, 0.1) is 37.6 Å². The second kappa shape index (κ2) is 6.55. The van der Waals surface area contributed by atoms with Crippen LogP contribution in [0.2, 0.25) is 0 Å². The maximum absolute atomic E-state index is 9.81. The van der Waals surface area contributed by atoms with Crippen molar-refractivity contribution in [2.75, 3.05) is 20.8 Å². The molecule has 0 unspecified atom stereocenters. The molecule has 1 fully saturated rings. The molecule has 1 heterocycles. The Balaban J connectivity index is 2.41. The molecule has 1 saturated heterocycles. The summed E-state index contributed by atoms with van der Waals surface area (Å²) in [6.45, 7) is 7.73. The van der Waals surface area contributed by atoms with E-state index in [1.165, 1.54) is 0 Å². The van der Waals surface area contributed by atoms with Crippen LogP contribution >= 0.6 is 0 Å². The Hall–Kier alpha value is -1.50. The Bertz CT molecular complexity index is 556. The summed E-state index contributed by atoms with van der Waals surface area (Å²) in [6, 6.07) is 5.53. The first-order chi connectivity index (χ1) is 10.8. The number of aliphatic hydroxyl groups excluding tert-OH is 1. The largest absolute Gasteiger partial charge is 0.496 e. The van der Waals surface area contributed by atoms with Gasteiger partial charge in [-0.25, -0.2) is 0 Å². The zero-order valence-electron chi connectivity index (χ0n) is 14.7. The Kier molecular flexibility index (Phi) is 5.09. The molecular formula is C17H25BO5. The molecule has 0 bridgehead atoms. The van der Waals surface area contributed by atoms with Gasteiger partial charge in [0.2, 0.25) is 0 Å². The van der Waals surface area contributed by atoms with Crippen LogP contribution < -0.4 is 9.47 Å². The molecule has 126 valence electrons. The van der Waals surface area contributed by atoms with E-state index in [-0.39, 0.29) is 6.61 Å². The molecule has 5 nitrogen and oxygen atoms in total. The van der Waals surface area contributed by atoms with Gasteiger partial charge in [-0.05, 0) is 51.4 Å². The van der Waals surface area contributed by atoms with E-state index >= 15 is 0 Å². The molecule has 0 amide bonds. The fourth-order valence-electron chi connectivity index (χ4n) is 2.39. The van der Waals surface area contributed by atoms with Gasteiger partial charge in [-0.15, -0.1) is 0 Å². The summed E-state index contributed by atoms with van der Waals surface area (Å²) in [5.74, 6) is 1.32. The minimum absolute atomic E-state index is 0.183. The first-order valence-corrected chi connectivity index (χ1v) is 7.63. The van der Waals surface area contributed by atoms with Crippen LogP contribution in [-0.2, 0) is 9.31 Å². The number of methoxy groups -OCH3 is 2. The van der Waals surface area contributed by atoms with Crippen LogP contribution in [-0.4, -0.2) is 44.3 Å². The number of benzene rings is 1. The Morgan fingerprint density at radius 2 is 1.57 bits per heavy atom. The fourth-order valence-corrected chi connectivity index (χ4v) is 2.39. The summed E-state index contributed by atoms with van der Waals surface area (Å²) < 4.78 is 22.8. The van der Waals surface area contributed by atoms with E-state index < -0.39 is 18.3 Å². The van der Waals surface area contributed by atoms with Gasteiger partial charge in [0.25, 0.3) is 0 Å². The molecule has 0 atom stereocenters. The number of hydrogen-bond acceptors (Lipinski definition) is 5. The zero-order chi connectivity index (χ0) is 17.3. The minimum Gasteiger partial charge on any atom is -0.496 e. The molecule has 0 aliphatic carbocycles. The zero-order valence-corrected chi connectivity index (χ0v) is 14.7. The van der Waals surface area contributed by atoms with E-state index in [1.54, 1.807) is 20.3 Å². The van der Waals surface area contributed by atoms with Crippen LogP contribution in [0.5, 0.6) is 11.5 Å². The summed E-state index contributed by atoms with van der Waals surface area (Å²) in [6.07, 6.45) is 1.81.